The van der Waals surface area contributed by atoms with E-state index < -0.39 is 6.10 Å². The van der Waals surface area contributed by atoms with E-state index in [2.05, 4.69) is 4.98 Å². The highest BCUT2D eigenvalue weighted by Gasteiger charge is 2.15. The fourth-order valence-electron chi connectivity index (χ4n) is 2.46. The molecule has 20 heavy (non-hydrogen) atoms. The van der Waals surface area contributed by atoms with Gasteiger partial charge in [-0.25, -0.2) is 0 Å². The second kappa shape index (κ2) is 5.23. The number of hydrogen-bond acceptors (Lipinski definition) is 2. The maximum atomic E-state index is 10.7. The van der Waals surface area contributed by atoms with Crippen LogP contribution in [0, 0.1) is 6.92 Å². The first-order valence-corrected chi connectivity index (χ1v) is 6.81. The van der Waals surface area contributed by atoms with Crippen molar-refractivity contribution in [3.8, 4) is 0 Å². The van der Waals surface area contributed by atoms with E-state index in [9.17, 15) is 5.11 Å². The van der Waals surface area contributed by atoms with Crippen LogP contribution in [0.15, 0.2) is 54.9 Å². The number of rotatable bonds is 2. The molecule has 0 bridgehead atoms. The molecule has 3 heteroatoms. The summed E-state index contributed by atoms with van der Waals surface area (Å²) >= 11 is 6.05. The summed E-state index contributed by atoms with van der Waals surface area (Å²) in [5, 5.41) is 13.4. The molecule has 0 amide bonds. The average Bonchev–Trinajstić information content (AvgIpc) is 2.48. The van der Waals surface area contributed by atoms with E-state index in [1.807, 2.05) is 49.4 Å². The molecule has 1 N–H and O–H groups in total. The van der Waals surface area contributed by atoms with E-state index in [1.165, 1.54) is 0 Å². The van der Waals surface area contributed by atoms with E-state index in [1.54, 1.807) is 12.4 Å². The Hall–Kier alpha value is -1.90. The minimum atomic E-state index is -0.695. The second-order valence-corrected chi connectivity index (χ2v) is 5.28. The molecule has 2 nitrogen and oxygen atoms in total. The Kier molecular flexibility index (Phi) is 3.43. The number of nitrogens with zero attached hydrogens (tertiary/aromatic N) is 1. The van der Waals surface area contributed by atoms with Gasteiger partial charge in [-0.05, 0) is 47.2 Å². The van der Waals surface area contributed by atoms with Crippen LogP contribution < -0.4 is 0 Å². The van der Waals surface area contributed by atoms with Gasteiger partial charge in [0.25, 0.3) is 0 Å². The van der Waals surface area contributed by atoms with E-state index in [4.69, 9.17) is 11.6 Å². The third kappa shape index (κ3) is 2.28. The Morgan fingerprint density at radius 2 is 1.95 bits per heavy atom. The first-order valence-electron chi connectivity index (χ1n) is 6.43. The molecular weight excluding hydrogens is 270 g/mol. The van der Waals surface area contributed by atoms with Gasteiger partial charge in [-0.2, -0.15) is 0 Å². The summed E-state index contributed by atoms with van der Waals surface area (Å²) in [5.41, 5.74) is 2.73. The summed E-state index contributed by atoms with van der Waals surface area (Å²) < 4.78 is 0. The number of aliphatic hydroxyl groups excluding tert-OH is 1. The number of halogens is 1. The molecule has 0 spiro atoms. The van der Waals surface area contributed by atoms with Crippen molar-refractivity contribution in [3.63, 3.8) is 0 Å². The van der Waals surface area contributed by atoms with Crippen LogP contribution >= 0.6 is 11.6 Å². The number of aryl methyl sites for hydroxylation is 1. The van der Waals surface area contributed by atoms with Crippen LogP contribution in [-0.4, -0.2) is 10.1 Å². The Morgan fingerprint density at radius 3 is 2.80 bits per heavy atom. The quantitative estimate of drug-likeness (QED) is 0.761. The molecule has 100 valence electrons. The summed E-state index contributed by atoms with van der Waals surface area (Å²) in [4.78, 5) is 4.11. The van der Waals surface area contributed by atoms with Crippen LogP contribution in [0.1, 0.15) is 22.8 Å². The van der Waals surface area contributed by atoms with Crippen LogP contribution in [0.5, 0.6) is 0 Å². The third-order valence-electron chi connectivity index (χ3n) is 3.54. The van der Waals surface area contributed by atoms with Gasteiger partial charge in [0.1, 0.15) is 6.10 Å². The Labute approximate surface area is 122 Å². The van der Waals surface area contributed by atoms with Crippen LogP contribution in [0.3, 0.4) is 0 Å². The van der Waals surface area contributed by atoms with Gasteiger partial charge in [0.05, 0.1) is 0 Å². The molecule has 1 atom stereocenters. The number of hydrogen-bond donors (Lipinski definition) is 1. The number of aromatic nitrogens is 1. The summed E-state index contributed by atoms with van der Waals surface area (Å²) in [6.07, 6.45) is 2.85. The molecule has 2 aromatic carbocycles. The number of fused-ring (bicyclic) bond motifs is 1. The van der Waals surface area contributed by atoms with Gasteiger partial charge in [-0.3, -0.25) is 4.98 Å². The Balaban J connectivity index is 2.17. The van der Waals surface area contributed by atoms with Crippen molar-refractivity contribution in [2.45, 2.75) is 13.0 Å². The molecule has 0 saturated carbocycles. The lowest BCUT2D eigenvalue weighted by Gasteiger charge is -2.16. The molecule has 0 aliphatic rings. The van der Waals surface area contributed by atoms with E-state index >= 15 is 0 Å². The fourth-order valence-corrected chi connectivity index (χ4v) is 2.64. The van der Waals surface area contributed by atoms with E-state index in [-0.39, 0.29) is 0 Å². The minimum Gasteiger partial charge on any atom is -0.384 e. The lowest BCUT2D eigenvalue weighted by Crippen LogP contribution is -2.03. The largest absolute Gasteiger partial charge is 0.384 e. The summed E-state index contributed by atoms with van der Waals surface area (Å²) in [6.45, 7) is 1.97. The van der Waals surface area contributed by atoms with Crippen molar-refractivity contribution in [3.05, 3.63) is 76.6 Å². The zero-order valence-electron chi connectivity index (χ0n) is 11.0. The highest BCUT2D eigenvalue weighted by atomic mass is 35.5. The molecule has 0 saturated heterocycles. The van der Waals surface area contributed by atoms with Crippen molar-refractivity contribution in [1.82, 2.24) is 4.98 Å². The van der Waals surface area contributed by atoms with Crippen molar-refractivity contribution in [2.24, 2.45) is 0 Å². The van der Waals surface area contributed by atoms with E-state index in [0.29, 0.717) is 5.02 Å². The molecule has 3 rings (SSSR count). The van der Waals surface area contributed by atoms with Gasteiger partial charge in [-0.1, -0.05) is 35.9 Å². The predicted octanol–water partition coefficient (Wildman–Crippen LogP) is 4.28. The van der Waals surface area contributed by atoms with Crippen molar-refractivity contribution >= 4 is 22.4 Å². The summed E-state index contributed by atoms with van der Waals surface area (Å²) in [6, 6.07) is 13.4. The minimum absolute atomic E-state index is 0.631. The maximum Gasteiger partial charge on any atom is 0.105 e. The first kappa shape index (κ1) is 13.1. The van der Waals surface area contributed by atoms with Crippen molar-refractivity contribution in [1.29, 1.82) is 0 Å². The van der Waals surface area contributed by atoms with Gasteiger partial charge in [-0.15, -0.1) is 0 Å². The lowest BCUT2D eigenvalue weighted by atomic mass is 9.94. The highest BCUT2D eigenvalue weighted by molar-refractivity contribution is 6.30. The average molecular weight is 284 g/mol. The van der Waals surface area contributed by atoms with Crippen LogP contribution in [-0.2, 0) is 0 Å². The number of benzene rings is 2. The van der Waals surface area contributed by atoms with Gasteiger partial charge < -0.3 is 5.11 Å². The molecule has 1 aromatic heterocycles. The number of aliphatic hydroxyl groups is 1. The van der Waals surface area contributed by atoms with Gasteiger partial charge in [0.15, 0.2) is 0 Å². The summed E-state index contributed by atoms with van der Waals surface area (Å²) in [5.74, 6) is 0. The smallest absolute Gasteiger partial charge is 0.105 e. The Morgan fingerprint density at radius 1 is 1.10 bits per heavy atom. The van der Waals surface area contributed by atoms with Crippen LogP contribution in [0.4, 0.5) is 0 Å². The monoisotopic (exact) mass is 283 g/mol. The lowest BCUT2D eigenvalue weighted by molar-refractivity contribution is 0.221. The molecule has 0 aliphatic heterocycles. The molecule has 0 radical (unpaired) electrons. The first-order chi connectivity index (χ1) is 9.66. The van der Waals surface area contributed by atoms with Gasteiger partial charge in [0, 0.05) is 22.8 Å². The van der Waals surface area contributed by atoms with E-state index in [0.717, 1.165) is 27.5 Å². The third-order valence-corrected chi connectivity index (χ3v) is 3.78. The van der Waals surface area contributed by atoms with Gasteiger partial charge in [0.2, 0.25) is 0 Å². The van der Waals surface area contributed by atoms with Crippen LogP contribution in [0.2, 0.25) is 5.02 Å². The zero-order chi connectivity index (χ0) is 14.1. The molecule has 1 unspecified atom stereocenters. The van der Waals surface area contributed by atoms with Gasteiger partial charge >= 0.3 is 0 Å². The molecule has 0 fully saturated rings. The highest BCUT2D eigenvalue weighted by Crippen LogP contribution is 2.31. The maximum absolute atomic E-state index is 10.7. The zero-order valence-corrected chi connectivity index (χ0v) is 11.8. The molecule has 1 heterocycles. The second-order valence-electron chi connectivity index (χ2n) is 4.85. The summed E-state index contributed by atoms with van der Waals surface area (Å²) in [7, 11) is 0. The molecule has 3 aromatic rings. The normalized spacial score (nSPS) is 12.6. The number of pyridine rings is 1. The SMILES string of the molecule is Cc1ccc(Cl)cc1C(O)c1cccc2cnccc12. The molecule has 0 aliphatic carbocycles. The van der Waals surface area contributed by atoms with Crippen LogP contribution in [0.25, 0.3) is 10.8 Å². The fraction of sp³-hybridized carbons (Fsp3) is 0.118. The standard InChI is InChI=1S/C17H14ClNO/c1-11-5-6-13(18)9-16(11)17(20)15-4-2-3-12-10-19-8-7-14(12)15/h2-10,17,20H,1H3. The topological polar surface area (TPSA) is 33.1 Å². The molecular formula is C17H14ClNO. The van der Waals surface area contributed by atoms with Crippen molar-refractivity contribution in [2.75, 3.05) is 0 Å². The predicted molar refractivity (Wildman–Crippen MR) is 82.0 cm³/mol. The Bertz CT molecular complexity index is 765. The van der Waals surface area contributed by atoms with Crippen molar-refractivity contribution < 1.29 is 5.11 Å².